The normalized spacial score (nSPS) is 17.1. The molecule has 0 spiro atoms. The van der Waals surface area contributed by atoms with Crippen molar-refractivity contribution in [2.24, 2.45) is 5.92 Å². The van der Waals surface area contributed by atoms with Gasteiger partial charge in [-0.3, -0.25) is 4.79 Å². The standard InChI is InChI=1S/C21H20FN3O2/c22-18-11-5-4-10-17(18)20-23-19(27-24-20)13-15-7-6-12-25(14-15)21(26)16-8-2-1-3-9-16/h1-5,8-11,15H,6-7,12-14H2. The Kier molecular flexibility index (Phi) is 4.96. The predicted molar refractivity (Wildman–Crippen MR) is 98.5 cm³/mol. The van der Waals surface area contributed by atoms with E-state index in [0.29, 0.717) is 30.0 Å². The molecule has 0 N–H and O–H groups in total. The maximum Gasteiger partial charge on any atom is 0.253 e. The van der Waals surface area contributed by atoms with E-state index in [9.17, 15) is 9.18 Å². The van der Waals surface area contributed by atoms with Gasteiger partial charge in [-0.25, -0.2) is 4.39 Å². The van der Waals surface area contributed by atoms with Crippen LogP contribution in [0.5, 0.6) is 0 Å². The fourth-order valence-corrected chi connectivity index (χ4v) is 3.52. The monoisotopic (exact) mass is 365 g/mol. The molecule has 1 fully saturated rings. The van der Waals surface area contributed by atoms with Gasteiger partial charge in [-0.15, -0.1) is 0 Å². The Labute approximate surface area is 156 Å². The lowest BCUT2D eigenvalue weighted by Crippen LogP contribution is -2.40. The van der Waals surface area contributed by atoms with E-state index in [4.69, 9.17) is 4.52 Å². The van der Waals surface area contributed by atoms with Gasteiger partial charge in [0, 0.05) is 25.1 Å². The molecule has 0 saturated carbocycles. The highest BCUT2D eigenvalue weighted by Crippen LogP contribution is 2.24. The number of likely N-dealkylation sites (tertiary alicyclic amines) is 1. The second-order valence-electron chi connectivity index (χ2n) is 6.82. The van der Waals surface area contributed by atoms with Gasteiger partial charge in [-0.05, 0) is 43.0 Å². The van der Waals surface area contributed by atoms with E-state index in [1.54, 1.807) is 18.2 Å². The number of aromatic nitrogens is 2. The Balaban J connectivity index is 1.43. The van der Waals surface area contributed by atoms with Gasteiger partial charge in [-0.1, -0.05) is 35.5 Å². The smallest absolute Gasteiger partial charge is 0.253 e. The molecule has 1 aliphatic heterocycles. The van der Waals surface area contributed by atoms with Crippen LogP contribution in [0.15, 0.2) is 59.1 Å². The summed E-state index contributed by atoms with van der Waals surface area (Å²) in [6.45, 7) is 1.42. The van der Waals surface area contributed by atoms with Crippen LogP contribution in [0.25, 0.3) is 11.4 Å². The van der Waals surface area contributed by atoms with E-state index in [1.807, 2.05) is 35.2 Å². The van der Waals surface area contributed by atoms with Crippen molar-refractivity contribution in [3.63, 3.8) is 0 Å². The topological polar surface area (TPSA) is 59.2 Å². The quantitative estimate of drug-likeness (QED) is 0.702. The number of piperidine rings is 1. The Morgan fingerprint density at radius 2 is 1.93 bits per heavy atom. The van der Waals surface area contributed by atoms with Crippen molar-refractivity contribution in [3.8, 4) is 11.4 Å². The maximum atomic E-state index is 13.9. The summed E-state index contributed by atoms with van der Waals surface area (Å²) < 4.78 is 19.2. The molecular weight excluding hydrogens is 345 g/mol. The van der Waals surface area contributed by atoms with E-state index >= 15 is 0 Å². The first-order chi connectivity index (χ1) is 13.2. The summed E-state index contributed by atoms with van der Waals surface area (Å²) in [6.07, 6.45) is 2.52. The van der Waals surface area contributed by atoms with Crippen LogP contribution in [0.4, 0.5) is 4.39 Å². The highest BCUT2D eigenvalue weighted by Gasteiger charge is 2.26. The fraction of sp³-hybridized carbons (Fsp3) is 0.286. The van der Waals surface area contributed by atoms with Gasteiger partial charge >= 0.3 is 0 Å². The maximum absolute atomic E-state index is 13.9. The zero-order chi connectivity index (χ0) is 18.6. The molecule has 138 valence electrons. The number of carbonyl (C=O) groups is 1. The van der Waals surface area contributed by atoms with Gasteiger partial charge in [0.1, 0.15) is 5.82 Å². The minimum atomic E-state index is -0.373. The molecule has 1 aromatic heterocycles. The van der Waals surface area contributed by atoms with Crippen molar-refractivity contribution in [2.75, 3.05) is 13.1 Å². The number of amides is 1. The molecule has 1 unspecified atom stereocenters. The summed E-state index contributed by atoms with van der Waals surface area (Å²) in [7, 11) is 0. The van der Waals surface area contributed by atoms with Crippen LogP contribution in [0, 0.1) is 11.7 Å². The number of hydrogen-bond donors (Lipinski definition) is 0. The van der Waals surface area contributed by atoms with Gasteiger partial charge in [0.25, 0.3) is 5.91 Å². The lowest BCUT2D eigenvalue weighted by molar-refractivity contribution is 0.0668. The molecule has 1 saturated heterocycles. The van der Waals surface area contributed by atoms with E-state index in [-0.39, 0.29) is 23.5 Å². The summed E-state index contributed by atoms with van der Waals surface area (Å²) in [5, 5.41) is 3.91. The average molecular weight is 365 g/mol. The number of nitrogens with zero attached hydrogens (tertiary/aromatic N) is 3. The highest BCUT2D eigenvalue weighted by molar-refractivity contribution is 5.94. The molecule has 0 radical (unpaired) electrons. The van der Waals surface area contributed by atoms with E-state index in [2.05, 4.69) is 10.1 Å². The van der Waals surface area contributed by atoms with Crippen LogP contribution in [0.3, 0.4) is 0 Å². The first-order valence-electron chi connectivity index (χ1n) is 9.12. The van der Waals surface area contributed by atoms with Gasteiger partial charge < -0.3 is 9.42 Å². The molecule has 5 nitrogen and oxygen atoms in total. The Morgan fingerprint density at radius 3 is 2.74 bits per heavy atom. The SMILES string of the molecule is O=C(c1ccccc1)N1CCCC(Cc2nc(-c3ccccc3F)no2)C1. The van der Waals surface area contributed by atoms with Crippen LogP contribution in [0.1, 0.15) is 29.1 Å². The lowest BCUT2D eigenvalue weighted by Gasteiger charge is -2.32. The van der Waals surface area contributed by atoms with Crippen LogP contribution in [-0.2, 0) is 6.42 Å². The Bertz CT molecular complexity index is 926. The summed E-state index contributed by atoms with van der Waals surface area (Å²) in [6, 6.07) is 15.7. The van der Waals surface area contributed by atoms with Crippen molar-refractivity contribution in [1.29, 1.82) is 0 Å². The molecule has 1 amide bonds. The van der Waals surface area contributed by atoms with E-state index < -0.39 is 0 Å². The van der Waals surface area contributed by atoms with Gasteiger partial charge in [-0.2, -0.15) is 4.98 Å². The van der Waals surface area contributed by atoms with Crippen molar-refractivity contribution < 1.29 is 13.7 Å². The summed E-state index contributed by atoms with van der Waals surface area (Å²) >= 11 is 0. The first-order valence-corrected chi connectivity index (χ1v) is 9.12. The molecule has 0 aliphatic carbocycles. The zero-order valence-corrected chi connectivity index (χ0v) is 14.8. The summed E-state index contributed by atoms with van der Waals surface area (Å²) in [5.74, 6) is 0.670. The van der Waals surface area contributed by atoms with Gasteiger partial charge in [0.15, 0.2) is 0 Å². The van der Waals surface area contributed by atoms with E-state index in [0.717, 1.165) is 19.4 Å². The van der Waals surface area contributed by atoms with Crippen molar-refractivity contribution >= 4 is 5.91 Å². The number of rotatable bonds is 4. The molecule has 4 rings (SSSR count). The Morgan fingerprint density at radius 1 is 1.15 bits per heavy atom. The molecular formula is C21H20FN3O2. The van der Waals surface area contributed by atoms with Crippen LogP contribution in [-0.4, -0.2) is 34.0 Å². The van der Waals surface area contributed by atoms with Crippen molar-refractivity contribution in [2.45, 2.75) is 19.3 Å². The van der Waals surface area contributed by atoms with E-state index in [1.165, 1.54) is 6.07 Å². The van der Waals surface area contributed by atoms with Crippen LogP contribution < -0.4 is 0 Å². The third-order valence-electron chi connectivity index (χ3n) is 4.87. The molecule has 6 heteroatoms. The van der Waals surface area contributed by atoms with Crippen molar-refractivity contribution in [3.05, 3.63) is 71.9 Å². The number of carbonyl (C=O) groups excluding carboxylic acids is 1. The summed E-state index contributed by atoms with van der Waals surface area (Å²) in [4.78, 5) is 18.9. The molecule has 3 aromatic rings. The molecule has 1 atom stereocenters. The molecule has 0 bridgehead atoms. The second-order valence-corrected chi connectivity index (χ2v) is 6.82. The predicted octanol–water partition coefficient (Wildman–Crippen LogP) is 3.97. The lowest BCUT2D eigenvalue weighted by atomic mass is 9.94. The third kappa shape index (κ3) is 3.89. The zero-order valence-electron chi connectivity index (χ0n) is 14.8. The molecule has 2 heterocycles. The Hall–Kier alpha value is -3.02. The van der Waals surface area contributed by atoms with Gasteiger partial charge in [0.05, 0.1) is 5.56 Å². The third-order valence-corrected chi connectivity index (χ3v) is 4.87. The fourth-order valence-electron chi connectivity index (χ4n) is 3.52. The average Bonchev–Trinajstić information content (AvgIpc) is 3.17. The van der Waals surface area contributed by atoms with Crippen LogP contribution >= 0.6 is 0 Å². The molecule has 2 aromatic carbocycles. The minimum absolute atomic E-state index is 0.0536. The van der Waals surface area contributed by atoms with Gasteiger partial charge in [0.2, 0.25) is 11.7 Å². The highest BCUT2D eigenvalue weighted by atomic mass is 19.1. The summed E-state index contributed by atoms with van der Waals surface area (Å²) in [5.41, 5.74) is 1.04. The number of hydrogen-bond acceptors (Lipinski definition) is 4. The van der Waals surface area contributed by atoms with Crippen molar-refractivity contribution in [1.82, 2.24) is 15.0 Å². The molecule has 1 aliphatic rings. The second kappa shape index (κ2) is 7.70. The minimum Gasteiger partial charge on any atom is -0.339 e. The first kappa shape index (κ1) is 17.4. The van der Waals surface area contributed by atoms with Crippen LogP contribution in [0.2, 0.25) is 0 Å². The largest absolute Gasteiger partial charge is 0.339 e. The number of halogens is 1. The molecule has 27 heavy (non-hydrogen) atoms. The number of benzene rings is 2.